The summed E-state index contributed by atoms with van der Waals surface area (Å²) in [5.41, 5.74) is 0.816. The van der Waals surface area contributed by atoms with Crippen molar-refractivity contribution in [2.75, 3.05) is 0 Å². The average molecular weight is 307 g/mol. The van der Waals surface area contributed by atoms with Crippen molar-refractivity contribution >= 4 is 10.0 Å². The van der Waals surface area contributed by atoms with E-state index in [1.54, 1.807) is 25.3 Å². The lowest BCUT2D eigenvalue weighted by molar-refractivity contribution is 0.546. The van der Waals surface area contributed by atoms with Crippen LogP contribution in [0, 0.1) is 0 Å². The highest BCUT2D eigenvalue weighted by Gasteiger charge is 2.22. The van der Waals surface area contributed by atoms with Gasteiger partial charge in [-0.3, -0.25) is 0 Å². The Labute approximate surface area is 126 Å². The number of nitrogens with one attached hydrogen (secondary N) is 1. The molecule has 1 aromatic heterocycles. The Balaban J connectivity index is 2.29. The molecule has 0 amide bonds. The van der Waals surface area contributed by atoms with Gasteiger partial charge in [-0.2, -0.15) is 0 Å². The zero-order chi connectivity index (χ0) is 15.5. The fraction of sp³-hybridized carbons (Fsp3) is 0.400. The van der Waals surface area contributed by atoms with Crippen LogP contribution in [0.15, 0.2) is 41.6 Å². The molecule has 2 aromatic rings. The van der Waals surface area contributed by atoms with E-state index in [0.717, 1.165) is 17.9 Å². The molecular formula is C15H21N3O2S. The third-order valence-electron chi connectivity index (χ3n) is 3.45. The fourth-order valence-electron chi connectivity index (χ4n) is 2.38. The zero-order valence-electron chi connectivity index (χ0n) is 12.6. The number of aryl methyl sites for hydroxylation is 2. The summed E-state index contributed by atoms with van der Waals surface area (Å²) in [7, 11) is -3.56. The van der Waals surface area contributed by atoms with E-state index in [1.807, 2.05) is 36.7 Å². The van der Waals surface area contributed by atoms with E-state index in [1.165, 1.54) is 0 Å². The second-order valence-electron chi connectivity index (χ2n) is 4.88. The molecule has 1 atom stereocenters. The highest BCUT2D eigenvalue weighted by atomic mass is 32.2. The monoisotopic (exact) mass is 307 g/mol. The lowest BCUT2D eigenvalue weighted by Gasteiger charge is -2.16. The van der Waals surface area contributed by atoms with Crippen molar-refractivity contribution in [3.8, 4) is 0 Å². The van der Waals surface area contributed by atoms with Gasteiger partial charge < -0.3 is 4.57 Å². The molecule has 0 aliphatic rings. The summed E-state index contributed by atoms with van der Waals surface area (Å²) in [4.78, 5) is 4.59. The van der Waals surface area contributed by atoms with E-state index in [2.05, 4.69) is 9.71 Å². The molecule has 1 aromatic carbocycles. The molecule has 0 spiro atoms. The van der Waals surface area contributed by atoms with Crippen LogP contribution in [-0.2, 0) is 23.0 Å². The summed E-state index contributed by atoms with van der Waals surface area (Å²) in [6.45, 7) is 6.51. The zero-order valence-corrected chi connectivity index (χ0v) is 13.4. The summed E-state index contributed by atoms with van der Waals surface area (Å²) >= 11 is 0. The minimum absolute atomic E-state index is 0.342. The van der Waals surface area contributed by atoms with Gasteiger partial charge in [0.05, 0.1) is 10.9 Å². The molecule has 21 heavy (non-hydrogen) atoms. The van der Waals surface area contributed by atoms with E-state index in [9.17, 15) is 8.42 Å². The quantitative estimate of drug-likeness (QED) is 0.892. The van der Waals surface area contributed by atoms with Gasteiger partial charge in [-0.15, -0.1) is 0 Å². The van der Waals surface area contributed by atoms with Crippen molar-refractivity contribution in [3.05, 3.63) is 48.0 Å². The van der Waals surface area contributed by atoms with Gasteiger partial charge in [0.1, 0.15) is 5.82 Å². The van der Waals surface area contributed by atoms with Crippen molar-refractivity contribution < 1.29 is 8.42 Å². The van der Waals surface area contributed by atoms with Gasteiger partial charge in [0.2, 0.25) is 10.0 Å². The number of rotatable bonds is 6. The number of hydrogen-bond donors (Lipinski definition) is 1. The van der Waals surface area contributed by atoms with Crippen molar-refractivity contribution in [1.29, 1.82) is 0 Å². The minimum Gasteiger partial charge on any atom is -0.334 e. The molecule has 5 nitrogen and oxygen atoms in total. The van der Waals surface area contributed by atoms with E-state index in [0.29, 0.717) is 11.3 Å². The Bertz CT molecular complexity index is 707. The van der Waals surface area contributed by atoms with Crippen LogP contribution >= 0.6 is 0 Å². The summed E-state index contributed by atoms with van der Waals surface area (Å²) in [6.07, 6.45) is 4.21. The highest BCUT2D eigenvalue weighted by molar-refractivity contribution is 7.89. The van der Waals surface area contributed by atoms with Gasteiger partial charge in [-0.05, 0) is 31.9 Å². The largest absolute Gasteiger partial charge is 0.334 e. The molecule has 0 aliphatic carbocycles. The Hall–Kier alpha value is -1.66. The molecule has 2 rings (SSSR count). The van der Waals surface area contributed by atoms with Crippen molar-refractivity contribution in [1.82, 2.24) is 14.3 Å². The van der Waals surface area contributed by atoms with Crippen LogP contribution in [0.25, 0.3) is 0 Å². The first-order valence-corrected chi connectivity index (χ1v) is 8.59. The lowest BCUT2D eigenvalue weighted by Crippen LogP contribution is -2.29. The average Bonchev–Trinajstić information content (AvgIpc) is 2.95. The molecule has 1 N–H and O–H groups in total. The van der Waals surface area contributed by atoms with Crippen LogP contribution in [0.5, 0.6) is 0 Å². The molecule has 114 valence electrons. The number of nitrogens with zero attached hydrogens (tertiary/aromatic N) is 2. The molecule has 0 aliphatic heterocycles. The van der Waals surface area contributed by atoms with Gasteiger partial charge in [-0.1, -0.05) is 25.1 Å². The van der Waals surface area contributed by atoms with Crippen LogP contribution in [0.1, 0.15) is 38.2 Å². The Morgan fingerprint density at radius 2 is 2.00 bits per heavy atom. The SMILES string of the molecule is CCc1ccccc1S(=O)(=O)N[C@@H](C)c1nccn1CC. The molecule has 0 saturated carbocycles. The van der Waals surface area contributed by atoms with Gasteiger partial charge in [0, 0.05) is 18.9 Å². The molecule has 0 radical (unpaired) electrons. The predicted octanol–water partition coefficient (Wildman–Crippen LogP) is 2.50. The van der Waals surface area contributed by atoms with E-state index >= 15 is 0 Å². The third kappa shape index (κ3) is 3.33. The van der Waals surface area contributed by atoms with E-state index in [-0.39, 0.29) is 6.04 Å². The molecule has 0 unspecified atom stereocenters. The topological polar surface area (TPSA) is 64.0 Å². The smallest absolute Gasteiger partial charge is 0.241 e. The summed E-state index contributed by atoms with van der Waals surface area (Å²) < 4.78 is 29.8. The molecular weight excluding hydrogens is 286 g/mol. The van der Waals surface area contributed by atoms with Crippen molar-refractivity contribution in [3.63, 3.8) is 0 Å². The predicted molar refractivity (Wildman–Crippen MR) is 82.5 cm³/mol. The Morgan fingerprint density at radius 3 is 2.67 bits per heavy atom. The Morgan fingerprint density at radius 1 is 1.29 bits per heavy atom. The van der Waals surface area contributed by atoms with Crippen LogP contribution in [0.4, 0.5) is 0 Å². The van der Waals surface area contributed by atoms with Crippen LogP contribution in [-0.4, -0.2) is 18.0 Å². The number of imidazole rings is 1. The number of benzene rings is 1. The number of hydrogen-bond acceptors (Lipinski definition) is 3. The lowest BCUT2D eigenvalue weighted by atomic mass is 10.2. The van der Waals surface area contributed by atoms with Crippen molar-refractivity contribution in [2.24, 2.45) is 0 Å². The Kier molecular flexibility index (Phi) is 4.80. The first-order valence-electron chi connectivity index (χ1n) is 7.10. The maximum Gasteiger partial charge on any atom is 0.241 e. The first-order chi connectivity index (χ1) is 9.99. The van der Waals surface area contributed by atoms with Crippen LogP contribution in [0.2, 0.25) is 0 Å². The highest BCUT2D eigenvalue weighted by Crippen LogP contribution is 2.19. The van der Waals surface area contributed by atoms with E-state index in [4.69, 9.17) is 0 Å². The second kappa shape index (κ2) is 6.41. The van der Waals surface area contributed by atoms with Gasteiger partial charge in [0.15, 0.2) is 0 Å². The van der Waals surface area contributed by atoms with Crippen molar-refractivity contribution in [2.45, 2.75) is 44.7 Å². The van der Waals surface area contributed by atoms with Gasteiger partial charge in [-0.25, -0.2) is 18.1 Å². The molecule has 6 heteroatoms. The second-order valence-corrected chi connectivity index (χ2v) is 6.56. The first kappa shape index (κ1) is 15.7. The molecule has 0 saturated heterocycles. The molecule has 1 heterocycles. The molecule has 0 bridgehead atoms. The maximum atomic E-state index is 12.6. The number of sulfonamides is 1. The normalized spacial score (nSPS) is 13.3. The number of aromatic nitrogens is 2. The summed E-state index contributed by atoms with van der Waals surface area (Å²) in [5, 5.41) is 0. The fourth-order valence-corrected chi connectivity index (χ4v) is 3.89. The van der Waals surface area contributed by atoms with Gasteiger partial charge in [0.25, 0.3) is 0 Å². The standard InChI is InChI=1S/C15H21N3O2S/c1-4-13-8-6-7-9-14(13)21(19,20)17-12(3)15-16-10-11-18(15)5-2/h6-12,17H,4-5H2,1-3H3/t12-/m0/s1. The van der Waals surface area contributed by atoms with Crippen LogP contribution < -0.4 is 4.72 Å². The maximum absolute atomic E-state index is 12.6. The van der Waals surface area contributed by atoms with Gasteiger partial charge >= 0.3 is 0 Å². The minimum atomic E-state index is -3.56. The third-order valence-corrected chi connectivity index (χ3v) is 5.09. The summed E-state index contributed by atoms with van der Waals surface area (Å²) in [6, 6.07) is 6.69. The molecule has 0 fully saturated rings. The van der Waals surface area contributed by atoms with Crippen LogP contribution in [0.3, 0.4) is 0 Å². The summed E-state index contributed by atoms with van der Waals surface area (Å²) in [5.74, 6) is 0.718. The van der Waals surface area contributed by atoms with E-state index < -0.39 is 10.0 Å².